The number of aryl methyl sites for hydroxylation is 1. The van der Waals surface area contributed by atoms with E-state index in [4.69, 9.17) is 0 Å². The summed E-state index contributed by atoms with van der Waals surface area (Å²) in [6.07, 6.45) is 5.11. The standard InChI is InChI=1S/C16H21N3S/c1-2-5-15(6-3-1)16-13-17-14-19(16)8-4-7-18-9-11-20-12-10-18/h1-3,5-6,13-14H,4,7-12H2. The van der Waals surface area contributed by atoms with E-state index in [-0.39, 0.29) is 0 Å². The van der Waals surface area contributed by atoms with Crippen molar-refractivity contribution in [1.82, 2.24) is 14.5 Å². The van der Waals surface area contributed by atoms with Crippen LogP contribution in [-0.2, 0) is 6.54 Å². The molecule has 1 aromatic carbocycles. The summed E-state index contributed by atoms with van der Waals surface area (Å²) in [5.74, 6) is 2.58. The molecule has 0 spiro atoms. The third-order valence-electron chi connectivity index (χ3n) is 3.76. The Labute approximate surface area is 125 Å². The van der Waals surface area contributed by atoms with Gasteiger partial charge in [0.05, 0.1) is 18.2 Å². The molecule has 0 saturated carbocycles. The van der Waals surface area contributed by atoms with Gasteiger partial charge < -0.3 is 9.47 Å². The fraction of sp³-hybridized carbons (Fsp3) is 0.438. The van der Waals surface area contributed by atoms with Crippen LogP contribution in [0.1, 0.15) is 6.42 Å². The molecule has 20 heavy (non-hydrogen) atoms. The Bertz CT molecular complexity index is 518. The van der Waals surface area contributed by atoms with Crippen molar-refractivity contribution in [3.05, 3.63) is 42.9 Å². The molecular weight excluding hydrogens is 266 g/mol. The number of hydrogen-bond donors (Lipinski definition) is 0. The second-order valence-corrected chi connectivity index (χ2v) is 6.37. The maximum absolute atomic E-state index is 4.31. The van der Waals surface area contributed by atoms with E-state index < -0.39 is 0 Å². The second-order valence-electron chi connectivity index (χ2n) is 5.15. The first kappa shape index (κ1) is 13.7. The SMILES string of the molecule is c1ccc(-c2cncn2CCCN2CCSCC2)cc1. The van der Waals surface area contributed by atoms with Crippen LogP contribution in [0.2, 0.25) is 0 Å². The van der Waals surface area contributed by atoms with Gasteiger partial charge in [-0.05, 0) is 18.5 Å². The second kappa shape index (κ2) is 6.95. The summed E-state index contributed by atoms with van der Waals surface area (Å²) >= 11 is 2.07. The van der Waals surface area contributed by atoms with E-state index in [0.717, 1.165) is 6.54 Å². The van der Waals surface area contributed by atoms with Crippen molar-refractivity contribution in [3.63, 3.8) is 0 Å². The lowest BCUT2D eigenvalue weighted by molar-refractivity contribution is 0.292. The van der Waals surface area contributed by atoms with Gasteiger partial charge in [0, 0.05) is 31.1 Å². The highest BCUT2D eigenvalue weighted by molar-refractivity contribution is 7.99. The van der Waals surface area contributed by atoms with Crippen LogP contribution in [0, 0.1) is 0 Å². The molecule has 2 aromatic rings. The molecule has 3 nitrogen and oxygen atoms in total. The summed E-state index contributed by atoms with van der Waals surface area (Å²) < 4.78 is 2.27. The highest BCUT2D eigenvalue weighted by Crippen LogP contribution is 2.18. The predicted molar refractivity (Wildman–Crippen MR) is 86.0 cm³/mol. The van der Waals surface area contributed by atoms with Gasteiger partial charge >= 0.3 is 0 Å². The van der Waals surface area contributed by atoms with E-state index in [1.54, 1.807) is 0 Å². The zero-order chi connectivity index (χ0) is 13.6. The first-order valence-electron chi connectivity index (χ1n) is 7.29. The largest absolute Gasteiger partial charge is 0.331 e. The zero-order valence-corrected chi connectivity index (χ0v) is 12.6. The molecule has 1 aromatic heterocycles. The highest BCUT2D eigenvalue weighted by Gasteiger charge is 2.10. The summed E-state index contributed by atoms with van der Waals surface area (Å²) in [7, 11) is 0. The molecule has 1 aliphatic heterocycles. The molecule has 0 N–H and O–H groups in total. The minimum Gasteiger partial charge on any atom is -0.331 e. The topological polar surface area (TPSA) is 21.1 Å². The van der Waals surface area contributed by atoms with Gasteiger partial charge in [-0.25, -0.2) is 4.98 Å². The number of benzene rings is 1. The molecule has 106 valence electrons. The molecule has 0 atom stereocenters. The number of imidazole rings is 1. The van der Waals surface area contributed by atoms with Gasteiger partial charge in [-0.15, -0.1) is 0 Å². The van der Waals surface area contributed by atoms with Crippen molar-refractivity contribution in [1.29, 1.82) is 0 Å². The normalized spacial score (nSPS) is 16.4. The van der Waals surface area contributed by atoms with E-state index in [9.17, 15) is 0 Å². The average Bonchev–Trinajstić information content (AvgIpc) is 2.98. The Hall–Kier alpha value is -1.26. The minimum atomic E-state index is 1.05. The van der Waals surface area contributed by atoms with Gasteiger partial charge in [0.1, 0.15) is 0 Å². The maximum atomic E-state index is 4.31. The van der Waals surface area contributed by atoms with Gasteiger partial charge in [0.25, 0.3) is 0 Å². The van der Waals surface area contributed by atoms with Crippen molar-refractivity contribution in [2.45, 2.75) is 13.0 Å². The van der Waals surface area contributed by atoms with Gasteiger partial charge in [0.15, 0.2) is 0 Å². The Morgan fingerprint density at radius 2 is 1.85 bits per heavy atom. The monoisotopic (exact) mass is 287 g/mol. The van der Waals surface area contributed by atoms with Crippen LogP contribution >= 0.6 is 11.8 Å². The van der Waals surface area contributed by atoms with Gasteiger partial charge in [0.2, 0.25) is 0 Å². The number of hydrogen-bond acceptors (Lipinski definition) is 3. The van der Waals surface area contributed by atoms with Gasteiger partial charge in [-0.2, -0.15) is 11.8 Å². The third-order valence-corrected chi connectivity index (χ3v) is 4.70. The Morgan fingerprint density at radius 3 is 2.65 bits per heavy atom. The number of nitrogens with zero attached hydrogens (tertiary/aromatic N) is 3. The quantitative estimate of drug-likeness (QED) is 0.843. The molecular formula is C16H21N3S. The van der Waals surface area contributed by atoms with E-state index in [1.807, 2.05) is 12.5 Å². The molecule has 3 rings (SSSR count). The third kappa shape index (κ3) is 3.44. The lowest BCUT2D eigenvalue weighted by atomic mass is 10.2. The average molecular weight is 287 g/mol. The first-order chi connectivity index (χ1) is 9.93. The van der Waals surface area contributed by atoms with Crippen molar-refractivity contribution in [3.8, 4) is 11.3 Å². The molecule has 1 saturated heterocycles. The highest BCUT2D eigenvalue weighted by atomic mass is 32.2. The molecule has 1 aliphatic rings. The Balaban J connectivity index is 1.57. The van der Waals surface area contributed by atoms with Crippen LogP contribution in [0.3, 0.4) is 0 Å². The minimum absolute atomic E-state index is 1.05. The molecule has 0 bridgehead atoms. The van der Waals surface area contributed by atoms with Crippen molar-refractivity contribution in [2.75, 3.05) is 31.1 Å². The Kier molecular flexibility index (Phi) is 4.77. The van der Waals surface area contributed by atoms with Crippen LogP contribution in [0.15, 0.2) is 42.9 Å². The molecule has 1 fully saturated rings. The van der Waals surface area contributed by atoms with Crippen LogP contribution in [0.4, 0.5) is 0 Å². The fourth-order valence-electron chi connectivity index (χ4n) is 2.64. The molecule has 2 heterocycles. The number of thioether (sulfide) groups is 1. The smallest absolute Gasteiger partial charge is 0.0950 e. The van der Waals surface area contributed by atoms with Crippen LogP contribution in [-0.4, -0.2) is 45.6 Å². The molecule has 4 heteroatoms. The van der Waals surface area contributed by atoms with E-state index >= 15 is 0 Å². The lowest BCUT2D eigenvalue weighted by Crippen LogP contribution is -2.33. The summed E-state index contributed by atoms with van der Waals surface area (Å²) in [4.78, 5) is 6.89. The first-order valence-corrected chi connectivity index (χ1v) is 8.44. The van der Waals surface area contributed by atoms with Crippen molar-refractivity contribution in [2.24, 2.45) is 0 Å². The number of aromatic nitrogens is 2. The van der Waals surface area contributed by atoms with Crippen LogP contribution in [0.5, 0.6) is 0 Å². The summed E-state index contributed by atoms with van der Waals surface area (Å²) in [6.45, 7) is 4.75. The zero-order valence-electron chi connectivity index (χ0n) is 11.7. The molecule has 0 amide bonds. The van der Waals surface area contributed by atoms with Crippen molar-refractivity contribution >= 4 is 11.8 Å². The van der Waals surface area contributed by atoms with E-state index in [0.29, 0.717) is 0 Å². The molecule has 0 radical (unpaired) electrons. The molecule has 0 aliphatic carbocycles. The van der Waals surface area contributed by atoms with Crippen molar-refractivity contribution < 1.29 is 0 Å². The summed E-state index contributed by atoms with van der Waals surface area (Å²) in [6, 6.07) is 10.5. The maximum Gasteiger partial charge on any atom is 0.0950 e. The van der Waals surface area contributed by atoms with E-state index in [1.165, 1.54) is 48.8 Å². The van der Waals surface area contributed by atoms with Gasteiger partial charge in [-0.1, -0.05) is 30.3 Å². The fourth-order valence-corrected chi connectivity index (χ4v) is 3.62. The van der Waals surface area contributed by atoms with Crippen LogP contribution in [0.25, 0.3) is 11.3 Å². The predicted octanol–water partition coefficient (Wildman–Crippen LogP) is 2.99. The Morgan fingerprint density at radius 1 is 1.05 bits per heavy atom. The van der Waals surface area contributed by atoms with E-state index in [2.05, 4.69) is 56.5 Å². The number of rotatable bonds is 5. The van der Waals surface area contributed by atoms with Gasteiger partial charge in [-0.3, -0.25) is 0 Å². The lowest BCUT2D eigenvalue weighted by Gasteiger charge is -2.26. The molecule has 0 unspecified atom stereocenters. The summed E-state index contributed by atoms with van der Waals surface area (Å²) in [5.41, 5.74) is 2.47. The summed E-state index contributed by atoms with van der Waals surface area (Å²) in [5, 5.41) is 0. The van der Waals surface area contributed by atoms with Crippen LogP contribution < -0.4 is 0 Å².